The first-order valence-corrected chi connectivity index (χ1v) is 7.74. The van der Waals surface area contributed by atoms with Crippen molar-refractivity contribution in [3.8, 4) is 17.6 Å². The number of carbonyl (C=O) groups excluding carboxylic acids is 3. The summed E-state index contributed by atoms with van der Waals surface area (Å²) in [6, 6.07) is 4.72. The average molecular weight is 351 g/mol. The van der Waals surface area contributed by atoms with E-state index in [0.29, 0.717) is 6.61 Å². The minimum absolute atomic E-state index is 0.0154. The molecule has 0 aliphatic carbocycles. The third kappa shape index (κ3) is 4.03. The average Bonchev–Trinajstić information content (AvgIpc) is 2.87. The number of nitriles is 1. The molecule has 0 unspecified atom stereocenters. The maximum absolute atomic E-state index is 12.0. The lowest BCUT2D eigenvalue weighted by Crippen LogP contribution is -2.32. The van der Waals surface area contributed by atoms with Crippen molar-refractivity contribution in [2.24, 2.45) is 0 Å². The van der Waals surface area contributed by atoms with Crippen molar-refractivity contribution in [1.82, 2.24) is 4.90 Å². The van der Waals surface area contributed by atoms with Gasteiger partial charge in [-0.25, -0.2) is 0 Å². The molecule has 0 saturated carbocycles. The van der Waals surface area contributed by atoms with Gasteiger partial charge in [0.15, 0.2) is 11.5 Å². The van der Waals surface area contributed by atoms with Gasteiger partial charge in [0.2, 0.25) is 11.8 Å². The minimum atomic E-state index is -0.657. The van der Waals surface area contributed by atoms with E-state index in [2.05, 4.69) is 0 Å². The molecule has 126 valence electrons. The molecule has 0 aromatic heterocycles. The van der Waals surface area contributed by atoms with Crippen LogP contribution in [0.15, 0.2) is 12.1 Å². The Hall–Kier alpha value is -2.59. The lowest BCUT2D eigenvalue weighted by Gasteiger charge is -2.15. The normalized spacial score (nSPS) is 13.8. The summed E-state index contributed by atoms with van der Waals surface area (Å²) in [5.41, 5.74) is 0.275. The third-order valence-electron chi connectivity index (χ3n) is 3.35. The van der Waals surface area contributed by atoms with E-state index in [1.807, 2.05) is 6.07 Å². The largest absolute Gasteiger partial charge is 0.490 e. The van der Waals surface area contributed by atoms with E-state index in [1.54, 1.807) is 6.92 Å². The van der Waals surface area contributed by atoms with Gasteiger partial charge in [-0.2, -0.15) is 5.26 Å². The number of esters is 1. The topological polar surface area (TPSA) is 96.7 Å². The Morgan fingerprint density at radius 1 is 1.33 bits per heavy atom. The van der Waals surface area contributed by atoms with Gasteiger partial charge in [-0.15, -0.1) is 0 Å². The standard InChI is InChI=1S/C16H15ClN2O5/c1-2-23-12-8-10(9-18)7-11(17)16(12)24-15(22)5-6-19-13(20)3-4-14(19)21/h7-8H,2-6H2,1H3. The van der Waals surface area contributed by atoms with Crippen LogP contribution in [0, 0.1) is 11.3 Å². The highest BCUT2D eigenvalue weighted by Crippen LogP contribution is 2.36. The zero-order valence-corrected chi connectivity index (χ0v) is 13.8. The Labute approximate surface area is 143 Å². The second-order valence-electron chi connectivity index (χ2n) is 4.99. The van der Waals surface area contributed by atoms with E-state index in [4.69, 9.17) is 26.3 Å². The van der Waals surface area contributed by atoms with Crippen molar-refractivity contribution < 1.29 is 23.9 Å². The molecule has 2 amide bonds. The molecule has 1 aliphatic rings. The third-order valence-corrected chi connectivity index (χ3v) is 3.63. The lowest BCUT2D eigenvalue weighted by molar-refractivity contribution is -0.140. The molecule has 1 aromatic carbocycles. The molecule has 0 N–H and O–H groups in total. The Balaban J connectivity index is 2.07. The van der Waals surface area contributed by atoms with E-state index >= 15 is 0 Å². The van der Waals surface area contributed by atoms with Crippen LogP contribution in [0.4, 0.5) is 0 Å². The fourth-order valence-electron chi connectivity index (χ4n) is 2.23. The summed E-state index contributed by atoms with van der Waals surface area (Å²) in [5, 5.41) is 9.01. The van der Waals surface area contributed by atoms with E-state index in [9.17, 15) is 14.4 Å². The van der Waals surface area contributed by atoms with Gasteiger partial charge in [0.05, 0.1) is 29.7 Å². The van der Waals surface area contributed by atoms with E-state index in [-0.39, 0.29) is 59.7 Å². The smallest absolute Gasteiger partial charge is 0.313 e. The maximum Gasteiger partial charge on any atom is 0.313 e. The fraction of sp³-hybridized carbons (Fsp3) is 0.375. The zero-order valence-electron chi connectivity index (χ0n) is 13.0. The Morgan fingerprint density at radius 2 is 2.00 bits per heavy atom. The van der Waals surface area contributed by atoms with Gasteiger partial charge >= 0.3 is 5.97 Å². The van der Waals surface area contributed by atoms with Crippen LogP contribution < -0.4 is 9.47 Å². The quantitative estimate of drug-likeness (QED) is 0.442. The van der Waals surface area contributed by atoms with Crippen LogP contribution in [0.2, 0.25) is 5.02 Å². The van der Waals surface area contributed by atoms with Crippen LogP contribution in [0.3, 0.4) is 0 Å². The van der Waals surface area contributed by atoms with Crippen molar-refractivity contribution >= 4 is 29.4 Å². The number of hydrogen-bond acceptors (Lipinski definition) is 6. The first-order chi connectivity index (χ1) is 11.5. The summed E-state index contributed by atoms with van der Waals surface area (Å²) in [6.45, 7) is 2.00. The molecule has 24 heavy (non-hydrogen) atoms. The number of imide groups is 1. The van der Waals surface area contributed by atoms with E-state index < -0.39 is 5.97 Å². The number of benzene rings is 1. The second kappa shape index (κ2) is 7.79. The highest BCUT2D eigenvalue weighted by atomic mass is 35.5. The van der Waals surface area contributed by atoms with Crippen LogP contribution in [-0.2, 0) is 14.4 Å². The van der Waals surface area contributed by atoms with Gasteiger partial charge in [-0.3, -0.25) is 19.3 Å². The molecule has 1 fully saturated rings. The second-order valence-corrected chi connectivity index (χ2v) is 5.40. The number of halogens is 1. The molecule has 0 atom stereocenters. The van der Waals surface area contributed by atoms with Gasteiger partial charge in [0, 0.05) is 25.5 Å². The van der Waals surface area contributed by atoms with E-state index in [1.165, 1.54) is 12.1 Å². The molecule has 7 nitrogen and oxygen atoms in total. The molecule has 0 spiro atoms. The molecule has 2 rings (SSSR count). The van der Waals surface area contributed by atoms with Crippen LogP contribution in [-0.4, -0.2) is 35.8 Å². The van der Waals surface area contributed by atoms with Gasteiger partial charge in [0.1, 0.15) is 0 Å². The summed E-state index contributed by atoms with van der Waals surface area (Å²) in [4.78, 5) is 36.0. The van der Waals surface area contributed by atoms with Crippen LogP contribution >= 0.6 is 11.6 Å². The monoisotopic (exact) mass is 350 g/mol. The molecule has 1 aliphatic heterocycles. The van der Waals surface area contributed by atoms with Gasteiger partial charge in [-0.05, 0) is 13.0 Å². The summed E-state index contributed by atoms with van der Waals surface area (Å²) >= 11 is 6.04. The maximum atomic E-state index is 12.0. The highest BCUT2D eigenvalue weighted by molar-refractivity contribution is 6.32. The first-order valence-electron chi connectivity index (χ1n) is 7.36. The first kappa shape index (κ1) is 17.8. The number of amides is 2. The highest BCUT2D eigenvalue weighted by Gasteiger charge is 2.29. The van der Waals surface area contributed by atoms with Crippen LogP contribution in [0.5, 0.6) is 11.5 Å². The number of nitrogens with zero attached hydrogens (tertiary/aromatic N) is 2. The predicted octanol–water partition coefficient (Wildman–Crippen LogP) is 2.05. The van der Waals surface area contributed by atoms with E-state index in [0.717, 1.165) is 4.90 Å². The molecule has 0 radical (unpaired) electrons. The summed E-state index contributed by atoms with van der Waals surface area (Å²) in [6.07, 6.45) is 0.188. The molecular formula is C16H15ClN2O5. The minimum Gasteiger partial charge on any atom is -0.490 e. The van der Waals surface area contributed by atoms with Crippen molar-refractivity contribution in [1.29, 1.82) is 5.26 Å². The Kier molecular flexibility index (Phi) is 5.77. The van der Waals surface area contributed by atoms with Gasteiger partial charge in [0.25, 0.3) is 0 Å². The Morgan fingerprint density at radius 3 is 2.58 bits per heavy atom. The summed E-state index contributed by atoms with van der Waals surface area (Å²) < 4.78 is 10.5. The molecular weight excluding hydrogens is 336 g/mol. The molecule has 0 bridgehead atoms. The number of rotatable bonds is 6. The Bertz CT molecular complexity index is 710. The van der Waals surface area contributed by atoms with Gasteiger partial charge < -0.3 is 9.47 Å². The summed E-state index contributed by atoms with van der Waals surface area (Å²) in [5.74, 6) is -1.04. The molecule has 1 aromatic rings. The number of carbonyl (C=O) groups is 3. The zero-order chi connectivity index (χ0) is 17.7. The number of hydrogen-bond donors (Lipinski definition) is 0. The summed E-state index contributed by atoms with van der Waals surface area (Å²) in [7, 11) is 0. The SMILES string of the molecule is CCOc1cc(C#N)cc(Cl)c1OC(=O)CCN1C(=O)CCC1=O. The van der Waals surface area contributed by atoms with Crippen molar-refractivity contribution in [3.05, 3.63) is 22.7 Å². The van der Waals surface area contributed by atoms with Crippen LogP contribution in [0.1, 0.15) is 31.7 Å². The molecule has 1 saturated heterocycles. The van der Waals surface area contributed by atoms with Crippen LogP contribution in [0.25, 0.3) is 0 Å². The predicted molar refractivity (Wildman–Crippen MR) is 83.5 cm³/mol. The number of likely N-dealkylation sites (tertiary alicyclic amines) is 1. The van der Waals surface area contributed by atoms with Crippen molar-refractivity contribution in [2.45, 2.75) is 26.2 Å². The fourth-order valence-corrected chi connectivity index (χ4v) is 2.48. The molecule has 8 heteroatoms. The lowest BCUT2D eigenvalue weighted by atomic mass is 10.2. The number of ether oxygens (including phenoxy) is 2. The van der Waals surface area contributed by atoms with Crippen molar-refractivity contribution in [2.75, 3.05) is 13.2 Å². The van der Waals surface area contributed by atoms with Gasteiger partial charge in [-0.1, -0.05) is 11.6 Å². The molecule has 1 heterocycles. The van der Waals surface area contributed by atoms with Crippen molar-refractivity contribution in [3.63, 3.8) is 0 Å².